The maximum absolute atomic E-state index is 12.1. The predicted molar refractivity (Wildman–Crippen MR) is 70.3 cm³/mol. The first-order valence-electron chi connectivity index (χ1n) is 6.47. The van der Waals surface area contributed by atoms with E-state index in [9.17, 15) is 14.4 Å². The Morgan fingerprint density at radius 3 is 2.75 bits per heavy atom. The van der Waals surface area contributed by atoms with Gasteiger partial charge in [-0.3, -0.25) is 4.79 Å². The molecule has 0 saturated carbocycles. The number of urea groups is 1. The summed E-state index contributed by atoms with van der Waals surface area (Å²) in [5.41, 5.74) is 0. The van der Waals surface area contributed by atoms with Crippen molar-refractivity contribution in [2.45, 2.75) is 18.9 Å². The van der Waals surface area contributed by atoms with Gasteiger partial charge in [0.2, 0.25) is 5.91 Å². The lowest BCUT2D eigenvalue weighted by Gasteiger charge is -2.27. The molecule has 20 heavy (non-hydrogen) atoms. The van der Waals surface area contributed by atoms with Crippen molar-refractivity contribution in [3.8, 4) is 0 Å². The molecule has 2 N–H and O–H groups in total. The van der Waals surface area contributed by atoms with Crippen LogP contribution >= 0.6 is 0 Å². The summed E-state index contributed by atoms with van der Waals surface area (Å²) in [4.78, 5) is 37.2. The van der Waals surface area contributed by atoms with E-state index in [0.29, 0.717) is 32.5 Å². The molecule has 0 spiro atoms. The Morgan fingerprint density at radius 1 is 1.45 bits per heavy atom. The largest absolute Gasteiger partial charge is 0.480 e. The number of likely N-dealkylation sites (N-methyl/N-ethyl adjacent to an activating group) is 1. The van der Waals surface area contributed by atoms with Gasteiger partial charge in [-0.1, -0.05) is 0 Å². The maximum Gasteiger partial charge on any atom is 0.326 e. The Balaban J connectivity index is 2.46. The molecule has 114 valence electrons. The number of hydrogen-bond donors (Lipinski definition) is 2. The molecule has 0 bridgehead atoms. The number of amides is 3. The first-order valence-corrected chi connectivity index (χ1v) is 6.47. The number of carbonyl (C=O) groups is 3. The maximum atomic E-state index is 12.1. The fourth-order valence-corrected chi connectivity index (χ4v) is 2.10. The number of ether oxygens (including phenoxy) is 1. The minimum atomic E-state index is -1.01. The number of aliphatic carboxylic acids is 1. The van der Waals surface area contributed by atoms with Crippen LogP contribution in [0.25, 0.3) is 0 Å². The summed E-state index contributed by atoms with van der Waals surface area (Å²) in [5.74, 6) is -1.31. The zero-order valence-corrected chi connectivity index (χ0v) is 11.8. The number of carboxylic acid groups (broad SMARTS) is 1. The second-order valence-corrected chi connectivity index (χ2v) is 4.67. The first-order chi connectivity index (χ1) is 9.47. The highest BCUT2D eigenvalue weighted by Crippen LogP contribution is 2.18. The van der Waals surface area contributed by atoms with Gasteiger partial charge in [0.05, 0.1) is 6.61 Å². The van der Waals surface area contributed by atoms with E-state index in [2.05, 4.69) is 5.32 Å². The van der Waals surface area contributed by atoms with Gasteiger partial charge in [0, 0.05) is 27.2 Å². The van der Waals surface area contributed by atoms with Crippen molar-refractivity contribution in [3.05, 3.63) is 0 Å². The summed E-state index contributed by atoms with van der Waals surface area (Å²) in [7, 11) is 3.01. The number of nitrogens with one attached hydrogen (secondary N) is 1. The van der Waals surface area contributed by atoms with E-state index in [1.165, 1.54) is 24.0 Å². The van der Waals surface area contributed by atoms with Crippen LogP contribution in [0.1, 0.15) is 12.8 Å². The van der Waals surface area contributed by atoms with Crippen LogP contribution in [0.2, 0.25) is 0 Å². The standard InChI is InChI=1S/C12H21N3O5/c1-14(8-10(16)13-5-7-20-2)12(19)15-6-3-4-9(15)11(17)18/h9H,3-8H2,1-2H3,(H,13,16)(H,17,18). The molecule has 1 atom stereocenters. The molecule has 0 aromatic carbocycles. The van der Waals surface area contributed by atoms with Crippen LogP contribution in [0.3, 0.4) is 0 Å². The smallest absolute Gasteiger partial charge is 0.326 e. The fourth-order valence-electron chi connectivity index (χ4n) is 2.10. The zero-order chi connectivity index (χ0) is 15.1. The van der Waals surface area contributed by atoms with Gasteiger partial charge in [-0.15, -0.1) is 0 Å². The topological polar surface area (TPSA) is 99.2 Å². The zero-order valence-electron chi connectivity index (χ0n) is 11.8. The van der Waals surface area contributed by atoms with Gasteiger partial charge < -0.3 is 25.0 Å². The molecule has 0 aromatic heterocycles. The van der Waals surface area contributed by atoms with Crippen molar-refractivity contribution in [1.82, 2.24) is 15.1 Å². The molecule has 1 rings (SSSR count). The van der Waals surface area contributed by atoms with Gasteiger partial charge in [0.1, 0.15) is 12.6 Å². The second kappa shape index (κ2) is 7.68. The van der Waals surface area contributed by atoms with E-state index >= 15 is 0 Å². The van der Waals surface area contributed by atoms with E-state index in [1.54, 1.807) is 0 Å². The molecule has 1 heterocycles. The van der Waals surface area contributed by atoms with Crippen molar-refractivity contribution in [2.24, 2.45) is 0 Å². The number of carbonyl (C=O) groups excluding carboxylic acids is 2. The van der Waals surface area contributed by atoms with Crippen molar-refractivity contribution >= 4 is 17.9 Å². The molecule has 1 aliphatic heterocycles. The Morgan fingerprint density at radius 2 is 2.15 bits per heavy atom. The monoisotopic (exact) mass is 287 g/mol. The number of hydrogen-bond acceptors (Lipinski definition) is 4. The Labute approximate surface area is 117 Å². The SMILES string of the molecule is COCCNC(=O)CN(C)C(=O)N1CCCC1C(=O)O. The molecule has 0 aliphatic carbocycles. The summed E-state index contributed by atoms with van der Waals surface area (Å²) in [6, 6.07) is -1.22. The summed E-state index contributed by atoms with van der Waals surface area (Å²) in [5, 5.41) is 11.6. The highest BCUT2D eigenvalue weighted by atomic mass is 16.5. The van der Waals surface area contributed by atoms with Gasteiger partial charge in [0.25, 0.3) is 0 Å². The van der Waals surface area contributed by atoms with E-state index in [4.69, 9.17) is 9.84 Å². The number of carboxylic acids is 1. The lowest BCUT2D eigenvalue weighted by Crippen LogP contribution is -2.49. The molecular weight excluding hydrogens is 266 g/mol. The molecule has 3 amide bonds. The van der Waals surface area contributed by atoms with E-state index in [-0.39, 0.29) is 12.5 Å². The van der Waals surface area contributed by atoms with Gasteiger partial charge >= 0.3 is 12.0 Å². The number of methoxy groups -OCH3 is 1. The Bertz CT molecular complexity index is 374. The van der Waals surface area contributed by atoms with Crippen LogP contribution in [0.15, 0.2) is 0 Å². The third kappa shape index (κ3) is 4.37. The van der Waals surface area contributed by atoms with Crippen molar-refractivity contribution in [3.63, 3.8) is 0 Å². The lowest BCUT2D eigenvalue weighted by molar-refractivity contribution is -0.141. The summed E-state index contributed by atoms with van der Waals surface area (Å²) in [6.45, 7) is 1.08. The highest BCUT2D eigenvalue weighted by molar-refractivity contribution is 5.87. The molecule has 1 saturated heterocycles. The normalized spacial score (nSPS) is 17.9. The van der Waals surface area contributed by atoms with E-state index in [1.807, 2.05) is 0 Å². The number of likely N-dealkylation sites (tertiary alicyclic amines) is 1. The third-order valence-electron chi connectivity index (χ3n) is 3.12. The minimum absolute atomic E-state index is 0.106. The summed E-state index contributed by atoms with van der Waals surface area (Å²) >= 11 is 0. The fraction of sp³-hybridized carbons (Fsp3) is 0.750. The van der Waals surface area contributed by atoms with Gasteiger partial charge in [0.15, 0.2) is 0 Å². The third-order valence-corrected chi connectivity index (χ3v) is 3.12. The minimum Gasteiger partial charge on any atom is -0.480 e. The summed E-state index contributed by atoms with van der Waals surface area (Å²) < 4.78 is 4.80. The molecule has 0 aromatic rings. The van der Waals surface area contributed by atoms with Crippen LogP contribution < -0.4 is 5.32 Å². The highest BCUT2D eigenvalue weighted by Gasteiger charge is 2.35. The van der Waals surface area contributed by atoms with Crippen molar-refractivity contribution in [2.75, 3.05) is 40.4 Å². The van der Waals surface area contributed by atoms with Crippen LogP contribution in [-0.4, -0.2) is 79.3 Å². The van der Waals surface area contributed by atoms with Crippen LogP contribution in [0, 0.1) is 0 Å². The lowest BCUT2D eigenvalue weighted by atomic mass is 10.2. The molecule has 1 fully saturated rings. The quantitative estimate of drug-likeness (QED) is 0.632. The van der Waals surface area contributed by atoms with E-state index in [0.717, 1.165) is 0 Å². The molecule has 1 unspecified atom stereocenters. The van der Waals surface area contributed by atoms with E-state index < -0.39 is 18.0 Å². The Hall–Kier alpha value is -1.83. The molecule has 8 nitrogen and oxygen atoms in total. The van der Waals surface area contributed by atoms with Crippen molar-refractivity contribution < 1.29 is 24.2 Å². The Kier molecular flexibility index (Phi) is 6.23. The number of nitrogens with zero attached hydrogens (tertiary/aromatic N) is 2. The van der Waals surface area contributed by atoms with Crippen LogP contribution in [-0.2, 0) is 14.3 Å². The predicted octanol–water partition coefficient (Wildman–Crippen LogP) is -0.650. The van der Waals surface area contributed by atoms with Crippen molar-refractivity contribution in [1.29, 1.82) is 0 Å². The molecule has 8 heteroatoms. The molecule has 0 radical (unpaired) electrons. The van der Waals surface area contributed by atoms with Gasteiger partial charge in [-0.2, -0.15) is 0 Å². The average molecular weight is 287 g/mol. The first kappa shape index (κ1) is 16.2. The van der Waals surface area contributed by atoms with Crippen LogP contribution in [0.5, 0.6) is 0 Å². The van der Waals surface area contributed by atoms with Crippen LogP contribution in [0.4, 0.5) is 4.79 Å². The number of rotatable bonds is 6. The average Bonchev–Trinajstić information content (AvgIpc) is 2.87. The van der Waals surface area contributed by atoms with Gasteiger partial charge in [-0.05, 0) is 12.8 Å². The van der Waals surface area contributed by atoms with Gasteiger partial charge in [-0.25, -0.2) is 9.59 Å². The molecule has 1 aliphatic rings. The second-order valence-electron chi connectivity index (χ2n) is 4.67. The summed E-state index contributed by atoms with van der Waals surface area (Å²) in [6.07, 6.45) is 1.12. The molecular formula is C12H21N3O5.